The molecule has 0 aromatic heterocycles. The quantitative estimate of drug-likeness (QED) is 0.679. The van der Waals surface area contributed by atoms with Crippen LogP contribution < -0.4 is 10.1 Å². The van der Waals surface area contributed by atoms with Crippen molar-refractivity contribution in [3.8, 4) is 5.75 Å². The summed E-state index contributed by atoms with van der Waals surface area (Å²) in [6, 6.07) is 2.89. The maximum absolute atomic E-state index is 10.9. The standard InChI is InChI=1S/C9H11BrN2O3/c1-3-15-8-5-6(10)4-7(11-2)9(8)12(13)14/h4-5,11H,3H2,1-2H3/i3D2. The summed E-state index contributed by atoms with van der Waals surface area (Å²) in [6.07, 6.45) is 0. The molecule has 5 nitrogen and oxygen atoms in total. The molecule has 0 heterocycles. The molecule has 0 radical (unpaired) electrons. The molecular weight excluding hydrogens is 264 g/mol. The summed E-state index contributed by atoms with van der Waals surface area (Å²) in [5.41, 5.74) is -0.0370. The van der Waals surface area contributed by atoms with Crippen LogP contribution in [-0.4, -0.2) is 18.5 Å². The van der Waals surface area contributed by atoms with Gasteiger partial charge in [0.05, 0.1) is 14.2 Å². The van der Waals surface area contributed by atoms with E-state index in [1.165, 1.54) is 19.1 Å². The topological polar surface area (TPSA) is 64.4 Å². The summed E-state index contributed by atoms with van der Waals surface area (Å²) in [4.78, 5) is 10.3. The highest BCUT2D eigenvalue weighted by Gasteiger charge is 2.21. The molecule has 0 aliphatic carbocycles. The molecule has 0 saturated heterocycles. The van der Waals surface area contributed by atoms with Crippen molar-refractivity contribution in [2.45, 2.75) is 6.92 Å². The number of halogens is 1. The number of nitro groups is 1. The molecule has 1 aromatic rings. The molecule has 1 rings (SSSR count). The molecular formula is C9H11BrN2O3. The van der Waals surface area contributed by atoms with E-state index in [1.54, 1.807) is 7.05 Å². The summed E-state index contributed by atoms with van der Waals surface area (Å²) < 4.78 is 20.1. The average molecular weight is 277 g/mol. The molecule has 1 aromatic carbocycles. The lowest BCUT2D eigenvalue weighted by atomic mass is 10.2. The Morgan fingerprint density at radius 2 is 2.40 bits per heavy atom. The van der Waals surface area contributed by atoms with Crippen molar-refractivity contribution in [3.63, 3.8) is 0 Å². The van der Waals surface area contributed by atoms with Crippen LogP contribution in [0, 0.1) is 10.1 Å². The zero-order valence-electron chi connectivity index (χ0n) is 10.2. The first kappa shape index (κ1) is 8.96. The third-order valence-corrected chi connectivity index (χ3v) is 2.16. The Kier molecular flexibility index (Phi) is 2.97. The number of rotatable bonds is 4. The van der Waals surface area contributed by atoms with Gasteiger partial charge in [0, 0.05) is 17.6 Å². The van der Waals surface area contributed by atoms with Gasteiger partial charge in [-0.2, -0.15) is 0 Å². The highest BCUT2D eigenvalue weighted by Crippen LogP contribution is 2.37. The van der Waals surface area contributed by atoms with E-state index in [1.807, 2.05) is 0 Å². The summed E-state index contributed by atoms with van der Waals surface area (Å²) in [5, 5.41) is 13.6. The number of hydrogen-bond acceptors (Lipinski definition) is 4. The molecule has 15 heavy (non-hydrogen) atoms. The van der Waals surface area contributed by atoms with E-state index < -0.39 is 11.5 Å². The van der Waals surface area contributed by atoms with Gasteiger partial charge in [0.25, 0.3) is 0 Å². The van der Waals surface area contributed by atoms with Gasteiger partial charge in [-0.25, -0.2) is 0 Å². The first-order chi connectivity index (χ1) is 7.74. The largest absolute Gasteiger partial charge is 0.487 e. The van der Waals surface area contributed by atoms with E-state index in [-0.39, 0.29) is 17.1 Å². The predicted molar refractivity (Wildman–Crippen MR) is 61.5 cm³/mol. The predicted octanol–water partition coefficient (Wildman–Crippen LogP) is 2.80. The summed E-state index contributed by atoms with van der Waals surface area (Å²) >= 11 is 3.18. The number of nitrogens with zero attached hydrogens (tertiary/aromatic N) is 1. The van der Waals surface area contributed by atoms with Gasteiger partial charge >= 0.3 is 5.69 Å². The maximum atomic E-state index is 10.9. The number of benzene rings is 1. The molecule has 0 atom stereocenters. The van der Waals surface area contributed by atoms with Gasteiger partial charge in [0.15, 0.2) is 5.75 Å². The van der Waals surface area contributed by atoms with E-state index in [9.17, 15) is 10.1 Å². The van der Waals surface area contributed by atoms with Crippen LogP contribution in [0.1, 0.15) is 9.67 Å². The van der Waals surface area contributed by atoms with E-state index in [0.717, 1.165) is 0 Å². The third kappa shape index (κ3) is 2.59. The second kappa shape index (κ2) is 4.97. The minimum atomic E-state index is -1.99. The lowest BCUT2D eigenvalue weighted by Gasteiger charge is -2.08. The van der Waals surface area contributed by atoms with Gasteiger partial charge in [-0.3, -0.25) is 10.1 Å². The van der Waals surface area contributed by atoms with Crippen LogP contribution in [0.3, 0.4) is 0 Å². The Hall–Kier alpha value is -1.30. The van der Waals surface area contributed by atoms with Gasteiger partial charge in [-0.05, 0) is 13.0 Å². The molecule has 0 bridgehead atoms. The lowest BCUT2D eigenvalue weighted by Crippen LogP contribution is -2.01. The van der Waals surface area contributed by atoms with Crippen molar-refractivity contribution < 1.29 is 12.4 Å². The fourth-order valence-electron chi connectivity index (χ4n) is 1.14. The third-order valence-electron chi connectivity index (χ3n) is 1.70. The molecule has 82 valence electrons. The minimum Gasteiger partial charge on any atom is -0.487 e. The Morgan fingerprint density at radius 1 is 1.73 bits per heavy atom. The number of anilines is 1. The molecule has 0 unspecified atom stereocenters. The van der Waals surface area contributed by atoms with Crippen molar-refractivity contribution in [1.29, 1.82) is 0 Å². The van der Waals surface area contributed by atoms with Crippen molar-refractivity contribution in [3.05, 3.63) is 26.7 Å². The summed E-state index contributed by atoms with van der Waals surface area (Å²) in [6.45, 7) is -0.812. The first-order valence-corrected chi connectivity index (χ1v) is 4.88. The van der Waals surface area contributed by atoms with E-state index in [2.05, 4.69) is 21.2 Å². The molecule has 0 spiro atoms. The number of ether oxygens (including phenoxy) is 1. The second-order valence-corrected chi connectivity index (χ2v) is 3.53. The Balaban J connectivity index is 3.35. The monoisotopic (exact) mass is 276 g/mol. The van der Waals surface area contributed by atoms with E-state index in [0.29, 0.717) is 4.47 Å². The molecule has 0 amide bonds. The van der Waals surface area contributed by atoms with E-state index >= 15 is 0 Å². The van der Waals surface area contributed by atoms with Gasteiger partial charge in [-0.15, -0.1) is 0 Å². The number of nitrogens with one attached hydrogen (secondary N) is 1. The van der Waals surface area contributed by atoms with Crippen molar-refractivity contribution in [1.82, 2.24) is 0 Å². The Bertz CT molecular complexity index is 449. The highest BCUT2D eigenvalue weighted by molar-refractivity contribution is 9.10. The first-order valence-electron chi connectivity index (χ1n) is 5.09. The molecule has 0 aliphatic rings. The Labute approximate surface area is 98.5 Å². The fraction of sp³-hybridized carbons (Fsp3) is 0.333. The second-order valence-electron chi connectivity index (χ2n) is 2.61. The smallest absolute Gasteiger partial charge is 0.333 e. The van der Waals surface area contributed by atoms with Crippen molar-refractivity contribution in [2.24, 2.45) is 0 Å². The molecule has 1 N–H and O–H groups in total. The van der Waals surface area contributed by atoms with Crippen LogP contribution >= 0.6 is 15.9 Å². The number of hydrogen-bond donors (Lipinski definition) is 1. The van der Waals surface area contributed by atoms with Crippen LogP contribution in [0.4, 0.5) is 11.4 Å². The van der Waals surface area contributed by atoms with E-state index in [4.69, 9.17) is 7.48 Å². The zero-order chi connectivity index (χ0) is 13.2. The van der Waals surface area contributed by atoms with Crippen molar-refractivity contribution in [2.75, 3.05) is 18.9 Å². The Morgan fingerprint density at radius 3 is 2.87 bits per heavy atom. The average Bonchev–Trinajstić information content (AvgIpc) is 2.12. The van der Waals surface area contributed by atoms with Crippen molar-refractivity contribution >= 4 is 27.3 Å². The normalized spacial score (nSPS) is 12.7. The lowest BCUT2D eigenvalue weighted by molar-refractivity contribution is -0.384. The SMILES string of the molecule is [2H]C([2H])(C)Oc1cc(Br)cc(NC)c1[N+](=O)[O-]. The fourth-order valence-corrected chi connectivity index (χ4v) is 1.58. The van der Waals surface area contributed by atoms with Crippen LogP contribution in [-0.2, 0) is 0 Å². The zero-order valence-corrected chi connectivity index (χ0v) is 9.79. The maximum Gasteiger partial charge on any atom is 0.333 e. The molecule has 0 fully saturated rings. The van der Waals surface area contributed by atoms with Gasteiger partial charge in [0.1, 0.15) is 5.69 Å². The number of nitro benzene ring substituents is 1. The summed E-state index contributed by atoms with van der Waals surface area (Å²) in [5.74, 6) is -0.124. The molecule has 6 heteroatoms. The van der Waals surface area contributed by atoms with Crippen LogP contribution in [0.15, 0.2) is 16.6 Å². The van der Waals surface area contributed by atoms with Gasteiger partial charge in [-0.1, -0.05) is 15.9 Å². The van der Waals surface area contributed by atoms with Gasteiger partial charge in [0.2, 0.25) is 0 Å². The van der Waals surface area contributed by atoms with Crippen LogP contribution in [0.5, 0.6) is 5.75 Å². The molecule has 0 aliphatic heterocycles. The summed E-state index contributed by atoms with van der Waals surface area (Å²) in [7, 11) is 1.54. The minimum absolute atomic E-state index is 0.124. The highest BCUT2D eigenvalue weighted by atomic mass is 79.9. The molecule has 0 saturated carbocycles. The van der Waals surface area contributed by atoms with Crippen LogP contribution in [0.2, 0.25) is 0 Å². The van der Waals surface area contributed by atoms with Crippen LogP contribution in [0.25, 0.3) is 0 Å². The van der Waals surface area contributed by atoms with Gasteiger partial charge < -0.3 is 10.1 Å².